The molecule has 0 aromatic rings. The molecule has 1 aliphatic heterocycles. The van der Waals surface area contributed by atoms with Gasteiger partial charge in [-0.3, -0.25) is 4.79 Å². The molecule has 70 valence electrons. The zero-order valence-corrected chi connectivity index (χ0v) is 8.42. The predicted molar refractivity (Wildman–Crippen MR) is 48.9 cm³/mol. The Labute approximate surface area is 74.3 Å². The molecule has 0 saturated carbocycles. The number of carbonyl (C=O) groups excluding carboxylic acids is 1. The van der Waals surface area contributed by atoms with Crippen LogP contribution in [0.2, 0.25) is 0 Å². The third-order valence-electron chi connectivity index (χ3n) is 2.56. The summed E-state index contributed by atoms with van der Waals surface area (Å²) in [5.41, 5.74) is -0.0704. The zero-order valence-electron chi connectivity index (χ0n) is 8.42. The van der Waals surface area contributed by atoms with E-state index in [-0.39, 0.29) is 5.41 Å². The van der Waals surface area contributed by atoms with Crippen molar-refractivity contribution in [3.05, 3.63) is 0 Å². The Hall–Kier alpha value is -0.570. The number of β-lactam (4-membered cyclic amide) rings is 1. The molecule has 0 bridgehead atoms. The smallest absolute Gasteiger partial charge is 0.230 e. The molecule has 3 heteroatoms. The van der Waals surface area contributed by atoms with E-state index in [0.29, 0.717) is 5.91 Å². The van der Waals surface area contributed by atoms with Gasteiger partial charge in [-0.2, -0.15) is 0 Å². The van der Waals surface area contributed by atoms with Gasteiger partial charge in [0.2, 0.25) is 5.91 Å². The molecule has 12 heavy (non-hydrogen) atoms. The first-order valence-electron chi connectivity index (χ1n) is 4.36. The third-order valence-corrected chi connectivity index (χ3v) is 2.56. The van der Waals surface area contributed by atoms with Crippen molar-refractivity contribution in [2.75, 3.05) is 34.2 Å². The molecule has 1 saturated heterocycles. The predicted octanol–water partition coefficient (Wildman–Crippen LogP) is 0.416. The van der Waals surface area contributed by atoms with Crippen LogP contribution in [0.5, 0.6) is 0 Å². The van der Waals surface area contributed by atoms with Crippen molar-refractivity contribution in [2.45, 2.75) is 13.3 Å². The molecule has 1 rings (SSSR count). The van der Waals surface area contributed by atoms with Gasteiger partial charge in [0.25, 0.3) is 0 Å². The summed E-state index contributed by atoms with van der Waals surface area (Å²) >= 11 is 0. The number of nitrogens with zero attached hydrogens (tertiary/aromatic N) is 2. The standard InChI is InChI=1S/C9H18N2O/c1-9(5-6-10(2)3)7-11(4)8(9)12/h5-7H2,1-4H3. The second kappa shape index (κ2) is 3.05. The molecule has 0 aromatic carbocycles. The lowest BCUT2D eigenvalue weighted by Gasteiger charge is -2.45. The second-order valence-electron chi connectivity index (χ2n) is 4.28. The van der Waals surface area contributed by atoms with Crippen LogP contribution in [0.4, 0.5) is 0 Å². The van der Waals surface area contributed by atoms with Crippen LogP contribution in [0.25, 0.3) is 0 Å². The molecule has 0 radical (unpaired) electrons. The molecule has 1 amide bonds. The number of amides is 1. The molecule has 0 N–H and O–H groups in total. The molecule has 0 spiro atoms. The van der Waals surface area contributed by atoms with E-state index in [9.17, 15) is 4.79 Å². The van der Waals surface area contributed by atoms with Crippen molar-refractivity contribution < 1.29 is 4.79 Å². The van der Waals surface area contributed by atoms with E-state index in [0.717, 1.165) is 19.5 Å². The summed E-state index contributed by atoms with van der Waals surface area (Å²) in [5.74, 6) is 0.296. The maximum Gasteiger partial charge on any atom is 0.230 e. The molecule has 1 fully saturated rings. The summed E-state index contributed by atoms with van der Waals surface area (Å²) < 4.78 is 0. The monoisotopic (exact) mass is 170 g/mol. The Morgan fingerprint density at radius 1 is 1.58 bits per heavy atom. The molecule has 1 heterocycles. The first kappa shape index (κ1) is 9.52. The minimum absolute atomic E-state index is 0.0704. The Morgan fingerprint density at radius 2 is 2.17 bits per heavy atom. The first-order chi connectivity index (χ1) is 5.46. The van der Waals surface area contributed by atoms with Crippen LogP contribution in [-0.2, 0) is 4.79 Å². The zero-order chi connectivity index (χ0) is 9.35. The van der Waals surface area contributed by atoms with Crippen LogP contribution < -0.4 is 0 Å². The van der Waals surface area contributed by atoms with E-state index in [4.69, 9.17) is 0 Å². The molecule has 0 aliphatic carbocycles. The minimum atomic E-state index is -0.0704. The summed E-state index contributed by atoms with van der Waals surface area (Å²) in [7, 11) is 5.94. The SMILES string of the molecule is CN(C)CCC1(C)CN(C)C1=O. The van der Waals surface area contributed by atoms with Crippen molar-refractivity contribution in [3.63, 3.8) is 0 Å². The highest BCUT2D eigenvalue weighted by Crippen LogP contribution is 2.33. The largest absolute Gasteiger partial charge is 0.344 e. The average Bonchev–Trinajstić information content (AvgIpc) is 2.00. The Kier molecular flexibility index (Phi) is 2.42. The lowest BCUT2D eigenvalue weighted by molar-refractivity contribution is -0.156. The molecule has 1 aliphatic rings. The average molecular weight is 170 g/mol. The van der Waals surface area contributed by atoms with E-state index in [1.807, 2.05) is 21.1 Å². The van der Waals surface area contributed by atoms with Gasteiger partial charge in [0, 0.05) is 13.6 Å². The van der Waals surface area contributed by atoms with E-state index in [2.05, 4.69) is 11.8 Å². The van der Waals surface area contributed by atoms with E-state index >= 15 is 0 Å². The number of rotatable bonds is 3. The summed E-state index contributed by atoms with van der Waals surface area (Å²) in [4.78, 5) is 15.3. The van der Waals surface area contributed by atoms with Gasteiger partial charge in [0.05, 0.1) is 5.41 Å². The molecular formula is C9H18N2O. The highest BCUT2D eigenvalue weighted by molar-refractivity contribution is 5.88. The number of carbonyl (C=O) groups is 1. The van der Waals surface area contributed by atoms with Crippen molar-refractivity contribution in [1.29, 1.82) is 0 Å². The van der Waals surface area contributed by atoms with Crippen LogP contribution in [0.15, 0.2) is 0 Å². The Morgan fingerprint density at radius 3 is 2.50 bits per heavy atom. The van der Waals surface area contributed by atoms with Gasteiger partial charge in [0.1, 0.15) is 0 Å². The van der Waals surface area contributed by atoms with Crippen LogP contribution in [0, 0.1) is 5.41 Å². The Balaban J connectivity index is 2.37. The fraction of sp³-hybridized carbons (Fsp3) is 0.889. The quantitative estimate of drug-likeness (QED) is 0.573. The van der Waals surface area contributed by atoms with E-state index < -0.39 is 0 Å². The fourth-order valence-corrected chi connectivity index (χ4v) is 1.69. The Bertz CT molecular complexity index is 191. The van der Waals surface area contributed by atoms with Crippen LogP contribution in [0.1, 0.15) is 13.3 Å². The molecule has 0 aromatic heterocycles. The van der Waals surface area contributed by atoms with Crippen LogP contribution in [-0.4, -0.2) is 49.9 Å². The lowest BCUT2D eigenvalue weighted by atomic mass is 9.78. The molecule has 3 nitrogen and oxygen atoms in total. The third kappa shape index (κ3) is 1.61. The van der Waals surface area contributed by atoms with Gasteiger partial charge in [-0.15, -0.1) is 0 Å². The van der Waals surface area contributed by atoms with E-state index in [1.54, 1.807) is 4.90 Å². The first-order valence-corrected chi connectivity index (χ1v) is 4.36. The normalized spacial score (nSPS) is 29.4. The maximum atomic E-state index is 11.4. The van der Waals surface area contributed by atoms with Crippen LogP contribution >= 0.6 is 0 Å². The topological polar surface area (TPSA) is 23.6 Å². The van der Waals surface area contributed by atoms with Crippen molar-refractivity contribution in [3.8, 4) is 0 Å². The second-order valence-corrected chi connectivity index (χ2v) is 4.28. The molecular weight excluding hydrogens is 152 g/mol. The van der Waals surface area contributed by atoms with Gasteiger partial charge in [-0.1, -0.05) is 0 Å². The maximum absolute atomic E-state index is 11.4. The highest BCUT2D eigenvalue weighted by Gasteiger charge is 2.45. The van der Waals surface area contributed by atoms with Gasteiger partial charge >= 0.3 is 0 Å². The lowest BCUT2D eigenvalue weighted by Crippen LogP contribution is -2.58. The molecule has 1 unspecified atom stereocenters. The van der Waals surface area contributed by atoms with Crippen molar-refractivity contribution in [1.82, 2.24) is 9.80 Å². The number of hydrogen-bond donors (Lipinski definition) is 0. The van der Waals surface area contributed by atoms with Gasteiger partial charge < -0.3 is 9.80 Å². The van der Waals surface area contributed by atoms with Gasteiger partial charge in [0.15, 0.2) is 0 Å². The minimum Gasteiger partial charge on any atom is -0.344 e. The number of likely N-dealkylation sites (tertiary alicyclic amines) is 1. The highest BCUT2D eigenvalue weighted by atomic mass is 16.2. The van der Waals surface area contributed by atoms with Gasteiger partial charge in [-0.25, -0.2) is 0 Å². The van der Waals surface area contributed by atoms with Crippen molar-refractivity contribution in [2.24, 2.45) is 5.41 Å². The summed E-state index contributed by atoms with van der Waals surface area (Å²) in [6.45, 7) is 3.97. The van der Waals surface area contributed by atoms with E-state index in [1.165, 1.54) is 0 Å². The van der Waals surface area contributed by atoms with Crippen LogP contribution in [0.3, 0.4) is 0 Å². The molecule has 1 atom stereocenters. The van der Waals surface area contributed by atoms with Crippen molar-refractivity contribution >= 4 is 5.91 Å². The fourth-order valence-electron chi connectivity index (χ4n) is 1.69. The summed E-state index contributed by atoms with van der Waals surface area (Å²) in [6.07, 6.45) is 0.975. The number of hydrogen-bond acceptors (Lipinski definition) is 2. The summed E-state index contributed by atoms with van der Waals surface area (Å²) in [6, 6.07) is 0. The summed E-state index contributed by atoms with van der Waals surface area (Å²) in [5, 5.41) is 0. The van der Waals surface area contributed by atoms with Gasteiger partial charge in [-0.05, 0) is 34.0 Å².